The van der Waals surface area contributed by atoms with Crippen molar-refractivity contribution in [2.24, 2.45) is 0 Å². The van der Waals surface area contributed by atoms with Gasteiger partial charge >= 0.3 is 19.9 Å². The van der Waals surface area contributed by atoms with Crippen LogP contribution in [-0.2, 0) is 47.2 Å². The zero-order chi connectivity index (χ0) is 51.6. The fraction of sp³-hybridized carbons (Fsp3) is 0.654. The molecular weight excluding hydrogens is 998 g/mol. The predicted molar refractivity (Wildman–Crippen MR) is 277 cm³/mol. The van der Waals surface area contributed by atoms with Gasteiger partial charge in [-0.25, -0.2) is 9.36 Å². The number of carbonyl (C=O) groups excluding carboxylic acids is 4. The summed E-state index contributed by atoms with van der Waals surface area (Å²) in [6, 6.07) is 14.7. The van der Waals surface area contributed by atoms with E-state index < -0.39 is 80.0 Å². The molecule has 1 aliphatic heterocycles. The van der Waals surface area contributed by atoms with Crippen LogP contribution >= 0.6 is 42.6 Å². The Morgan fingerprint density at radius 3 is 1.63 bits per heavy atom. The number of halogens is 3. The molecule has 19 heteroatoms. The molecule has 3 rings (SSSR count). The molecule has 0 unspecified atom stereocenters. The van der Waals surface area contributed by atoms with Crippen LogP contribution in [0.5, 0.6) is 11.5 Å². The molecule has 71 heavy (non-hydrogen) atoms. The van der Waals surface area contributed by atoms with E-state index in [2.05, 4.69) is 31.1 Å². The van der Waals surface area contributed by atoms with Gasteiger partial charge in [0.05, 0.1) is 6.61 Å². The fourth-order valence-corrected chi connectivity index (χ4v) is 9.39. The lowest BCUT2D eigenvalue weighted by Gasteiger charge is -2.45. The van der Waals surface area contributed by atoms with E-state index in [1.54, 1.807) is 36.4 Å². The zero-order valence-electron chi connectivity index (χ0n) is 41.7. The molecule has 1 saturated heterocycles. The van der Waals surface area contributed by atoms with Gasteiger partial charge in [0, 0.05) is 12.8 Å². The number of rotatable bonds is 38. The maximum Gasteiger partial charge on any atom is 0.588 e. The lowest BCUT2D eigenvalue weighted by Crippen LogP contribution is -2.66. The molecule has 400 valence electrons. The van der Waals surface area contributed by atoms with Crippen LogP contribution in [-0.4, -0.2) is 84.7 Å². The van der Waals surface area contributed by atoms with Gasteiger partial charge < -0.3 is 43.4 Å². The Labute approximate surface area is 437 Å². The first-order valence-corrected chi connectivity index (χ1v) is 28.1. The number of esters is 1. The molecule has 2 N–H and O–H groups in total. The molecule has 0 bridgehead atoms. The summed E-state index contributed by atoms with van der Waals surface area (Å²) in [6.07, 6.45) is 15.8. The standard InChI is InChI=1S/C52H78Cl3N2O13P/c1-4-7-9-11-13-15-16-18-20-22-30-36-45(59)57-47-49(67-46(60)38-56-44(58)35-29-21-19-17-14-12-10-8-5-2)48(43(66-50(47)63-37-6-3)39-64-51(61)65-40-52(53,54)55)70-71(62,68-41-31-25-23-26-32-41)69-42-33-27-24-28-34-42/h6,23-28,31-34,43,47-50H,3-5,7-22,29-30,35-40H2,1-2H3,(H,56,58)(H,57,59)/t43-,47-,48-,49-,50+/m1/s1. The predicted octanol–water partition coefficient (Wildman–Crippen LogP) is 13.2. The number of carbonyl (C=O) groups is 4. The highest BCUT2D eigenvalue weighted by Gasteiger charge is 2.54. The van der Waals surface area contributed by atoms with Crippen molar-refractivity contribution in [3.05, 3.63) is 73.3 Å². The van der Waals surface area contributed by atoms with Gasteiger partial charge in [-0.15, -0.1) is 6.58 Å². The van der Waals surface area contributed by atoms with E-state index in [0.717, 1.165) is 51.4 Å². The van der Waals surface area contributed by atoms with Gasteiger partial charge in [0.25, 0.3) is 0 Å². The second kappa shape index (κ2) is 36.4. The second-order valence-corrected chi connectivity index (χ2v) is 21.6. The smallest absolute Gasteiger partial charge is 0.456 e. The number of para-hydroxylation sites is 2. The number of alkyl halides is 3. The molecule has 5 atom stereocenters. The van der Waals surface area contributed by atoms with Crippen LogP contribution in [0.2, 0.25) is 0 Å². The third-order valence-electron chi connectivity index (χ3n) is 11.5. The Morgan fingerprint density at radius 1 is 0.676 bits per heavy atom. The van der Waals surface area contributed by atoms with Crippen molar-refractivity contribution >= 4 is 66.6 Å². The lowest BCUT2D eigenvalue weighted by atomic mass is 9.96. The van der Waals surface area contributed by atoms with Gasteiger partial charge in [0.15, 0.2) is 12.4 Å². The van der Waals surface area contributed by atoms with Crippen LogP contribution in [0.3, 0.4) is 0 Å². The molecule has 0 saturated carbocycles. The van der Waals surface area contributed by atoms with Crippen LogP contribution in [0.25, 0.3) is 0 Å². The summed E-state index contributed by atoms with van der Waals surface area (Å²) in [7, 11) is -4.87. The van der Waals surface area contributed by atoms with Crippen molar-refractivity contribution in [2.45, 2.75) is 190 Å². The van der Waals surface area contributed by atoms with Crippen molar-refractivity contribution in [3.63, 3.8) is 0 Å². The number of phosphoric acid groups is 1. The summed E-state index contributed by atoms with van der Waals surface area (Å²) >= 11 is 17.4. The Bertz CT molecular complexity index is 1800. The van der Waals surface area contributed by atoms with Crippen LogP contribution in [0.1, 0.15) is 155 Å². The largest absolute Gasteiger partial charge is 0.588 e. The Balaban J connectivity index is 1.93. The van der Waals surface area contributed by atoms with Gasteiger partial charge in [0.2, 0.25) is 15.6 Å². The minimum absolute atomic E-state index is 0.0822. The van der Waals surface area contributed by atoms with E-state index in [0.29, 0.717) is 12.8 Å². The first-order chi connectivity index (χ1) is 34.3. The lowest BCUT2D eigenvalue weighted by molar-refractivity contribution is -0.268. The quantitative estimate of drug-likeness (QED) is 0.0213. The van der Waals surface area contributed by atoms with Gasteiger partial charge in [-0.2, -0.15) is 0 Å². The molecule has 1 fully saturated rings. The molecule has 2 aromatic carbocycles. The average Bonchev–Trinajstić information content (AvgIpc) is 3.34. The molecule has 1 heterocycles. The molecule has 0 aliphatic carbocycles. The zero-order valence-corrected chi connectivity index (χ0v) is 44.9. The van der Waals surface area contributed by atoms with Crippen LogP contribution in [0, 0.1) is 0 Å². The number of phosphoric ester groups is 1. The second-order valence-electron chi connectivity index (χ2n) is 17.6. The number of benzene rings is 2. The molecular formula is C52H78Cl3N2O13P. The van der Waals surface area contributed by atoms with Crippen LogP contribution in [0.15, 0.2) is 73.3 Å². The van der Waals surface area contributed by atoms with Crippen molar-refractivity contribution < 1.29 is 61.0 Å². The van der Waals surface area contributed by atoms with E-state index in [1.807, 2.05) is 0 Å². The summed E-state index contributed by atoms with van der Waals surface area (Å²) in [5, 5.41) is 5.54. The van der Waals surface area contributed by atoms with Crippen LogP contribution < -0.4 is 19.7 Å². The molecule has 0 aromatic heterocycles. The third kappa shape index (κ3) is 27.9. The van der Waals surface area contributed by atoms with E-state index >= 15 is 4.57 Å². The molecule has 15 nitrogen and oxygen atoms in total. The highest BCUT2D eigenvalue weighted by atomic mass is 35.6. The summed E-state index contributed by atoms with van der Waals surface area (Å²) in [4.78, 5) is 53.7. The maximum absolute atomic E-state index is 15.1. The maximum atomic E-state index is 15.1. The summed E-state index contributed by atoms with van der Waals surface area (Å²) < 4.78 is 60.2. The summed E-state index contributed by atoms with van der Waals surface area (Å²) in [6.45, 7) is 6.07. The number of amides is 2. The van der Waals surface area contributed by atoms with Gasteiger partial charge in [-0.1, -0.05) is 207 Å². The fourth-order valence-electron chi connectivity index (χ4n) is 7.78. The highest BCUT2D eigenvalue weighted by molar-refractivity contribution is 7.49. The molecule has 0 spiro atoms. The monoisotopic (exact) mass is 1070 g/mol. The van der Waals surface area contributed by atoms with Gasteiger partial charge in [-0.3, -0.25) is 18.9 Å². The Morgan fingerprint density at radius 2 is 1.15 bits per heavy atom. The van der Waals surface area contributed by atoms with Crippen molar-refractivity contribution in [1.29, 1.82) is 0 Å². The molecule has 1 aliphatic rings. The van der Waals surface area contributed by atoms with Crippen LogP contribution in [0.4, 0.5) is 4.79 Å². The molecule has 2 amide bonds. The normalized spacial score (nSPS) is 18.0. The Kier molecular flexibility index (Phi) is 31.6. The van der Waals surface area contributed by atoms with Crippen molar-refractivity contribution in [3.8, 4) is 11.5 Å². The number of ether oxygens (including phenoxy) is 5. The number of hydrogen-bond acceptors (Lipinski definition) is 13. The average molecular weight is 1080 g/mol. The van der Waals surface area contributed by atoms with E-state index in [9.17, 15) is 19.2 Å². The minimum atomic E-state index is -4.87. The number of hydrogen-bond donors (Lipinski definition) is 2. The highest BCUT2D eigenvalue weighted by Crippen LogP contribution is 2.52. The minimum Gasteiger partial charge on any atom is -0.456 e. The van der Waals surface area contributed by atoms with Gasteiger partial charge in [0.1, 0.15) is 49.5 Å². The first kappa shape index (κ1) is 61.7. The molecule has 0 radical (unpaired) electrons. The third-order valence-corrected chi connectivity index (χ3v) is 13.2. The van der Waals surface area contributed by atoms with E-state index in [-0.39, 0.29) is 36.9 Å². The van der Waals surface area contributed by atoms with Crippen molar-refractivity contribution in [1.82, 2.24) is 10.6 Å². The summed E-state index contributed by atoms with van der Waals surface area (Å²) in [5.74, 6) is -1.56. The Hall–Kier alpha value is -3.56. The SMILES string of the molecule is C=CCO[C@H]1O[C@H](COC(=O)OCC(Cl)(Cl)Cl)[C@@H](OP(=O)(Oc2ccccc2)Oc2ccccc2)[C@H](OC(=O)CNC(=O)CCCCCCCCCCC)[C@H]1NC(=O)CCCCCCCCCCCCC. The summed E-state index contributed by atoms with van der Waals surface area (Å²) in [5.41, 5.74) is 0. The van der Waals surface area contributed by atoms with E-state index in [4.69, 9.17) is 72.1 Å². The number of unbranched alkanes of at least 4 members (excludes halogenated alkanes) is 18. The topological polar surface area (TPSA) is 183 Å². The van der Waals surface area contributed by atoms with E-state index in [1.165, 1.54) is 94.5 Å². The first-order valence-electron chi connectivity index (χ1n) is 25.5. The van der Waals surface area contributed by atoms with Crippen molar-refractivity contribution in [2.75, 3.05) is 26.4 Å². The van der Waals surface area contributed by atoms with Gasteiger partial charge in [-0.05, 0) is 37.1 Å². The number of nitrogens with one attached hydrogen (secondary N) is 2. The molecule has 2 aromatic rings.